The van der Waals surface area contributed by atoms with Gasteiger partial charge in [0.05, 0.1) is 18.8 Å². The summed E-state index contributed by atoms with van der Waals surface area (Å²) in [7, 11) is 1.95. The van der Waals surface area contributed by atoms with Gasteiger partial charge in [0.15, 0.2) is 0 Å². The van der Waals surface area contributed by atoms with Crippen molar-refractivity contribution >= 4 is 25.3 Å². The van der Waals surface area contributed by atoms with Crippen LogP contribution < -0.4 is 10.6 Å². The van der Waals surface area contributed by atoms with E-state index >= 15 is 0 Å². The molecule has 0 heterocycles. The first-order valence-electron chi connectivity index (χ1n) is 19.0. The number of thiol groups is 1. The summed E-state index contributed by atoms with van der Waals surface area (Å²) in [6.07, 6.45) is 12.5. The molecule has 280 valence electrons. The number of amides is 1. The Balaban J connectivity index is 0.000000852. The lowest BCUT2D eigenvalue weighted by Gasteiger charge is -2.73. The number of hydrogen-bond acceptors (Lipinski definition) is 6. The third-order valence-electron chi connectivity index (χ3n) is 15.6. The van der Waals surface area contributed by atoms with Crippen LogP contribution in [-0.2, 0) is 9.59 Å². The molecule has 6 nitrogen and oxygen atoms in total. The van der Waals surface area contributed by atoms with E-state index in [1.54, 1.807) is 0 Å². The van der Waals surface area contributed by atoms with Gasteiger partial charge in [-0.1, -0.05) is 77.8 Å². The summed E-state index contributed by atoms with van der Waals surface area (Å²) in [5.74, 6) is 2.60. The number of likely N-dealkylation sites (N-methyl/N-ethyl adjacent to an activating group) is 1. The van der Waals surface area contributed by atoms with Crippen molar-refractivity contribution in [3.63, 3.8) is 0 Å². The average Bonchev–Trinajstić information content (AvgIpc) is 3.06. The van der Waals surface area contributed by atoms with Crippen molar-refractivity contribution in [1.29, 1.82) is 0 Å². The predicted molar refractivity (Wildman–Crippen MR) is 207 cm³/mol. The Bertz CT molecular complexity index is 1290. The van der Waals surface area contributed by atoms with Gasteiger partial charge in [-0.05, 0) is 126 Å². The maximum absolute atomic E-state index is 13.4. The largest absolute Gasteiger partial charge is 0.396 e. The lowest BCUT2D eigenvalue weighted by Crippen LogP contribution is -2.78. The summed E-state index contributed by atoms with van der Waals surface area (Å²) in [6, 6.07) is -0.487. The van der Waals surface area contributed by atoms with Crippen LogP contribution in [0.4, 0.5) is 0 Å². The second kappa shape index (κ2) is 15.3. The SMILES string of the molecule is C/C=C(/C)C(=O)N[C@H]1C(NC)C(C)(C)CC2C3=CCC4C5(C)CCC(C)C(C)C5CCC4(C)[C@]3(C)[C@@H](O)C(S)C21CO.C=O.CC=C(C)C. The molecule has 1 amide bonds. The van der Waals surface area contributed by atoms with Crippen molar-refractivity contribution in [3.05, 3.63) is 34.9 Å². The zero-order chi connectivity index (χ0) is 37.5. The van der Waals surface area contributed by atoms with E-state index in [9.17, 15) is 15.0 Å². The predicted octanol–water partition coefficient (Wildman–Crippen LogP) is 7.95. The molecule has 4 saturated carbocycles. The van der Waals surface area contributed by atoms with Crippen LogP contribution in [0.1, 0.15) is 122 Å². The van der Waals surface area contributed by atoms with Gasteiger partial charge in [-0.3, -0.25) is 4.79 Å². The Morgan fingerprint density at radius 2 is 1.61 bits per heavy atom. The van der Waals surface area contributed by atoms with E-state index in [-0.39, 0.29) is 40.7 Å². The molecule has 7 heteroatoms. The summed E-state index contributed by atoms with van der Waals surface area (Å²) in [6.45, 7) is 28.7. The van der Waals surface area contributed by atoms with Gasteiger partial charge < -0.3 is 25.6 Å². The number of nitrogens with one attached hydrogen (secondary N) is 2. The maximum Gasteiger partial charge on any atom is 0.246 e. The topological polar surface area (TPSA) is 98.7 Å². The Morgan fingerprint density at radius 1 is 1.02 bits per heavy atom. The second-order valence-corrected chi connectivity index (χ2v) is 18.6. The molecule has 0 aromatic heterocycles. The summed E-state index contributed by atoms with van der Waals surface area (Å²) >= 11 is 5.31. The van der Waals surface area contributed by atoms with Gasteiger partial charge in [-0.25, -0.2) is 0 Å². The van der Waals surface area contributed by atoms with E-state index in [0.29, 0.717) is 11.5 Å². The first-order chi connectivity index (χ1) is 22.8. The quantitative estimate of drug-likeness (QED) is 0.117. The lowest BCUT2D eigenvalue weighted by atomic mass is 9.33. The summed E-state index contributed by atoms with van der Waals surface area (Å²) in [5, 5.41) is 30.5. The minimum Gasteiger partial charge on any atom is -0.396 e. The van der Waals surface area contributed by atoms with Gasteiger partial charge in [-0.15, -0.1) is 0 Å². The molecule has 5 rings (SSSR count). The van der Waals surface area contributed by atoms with Crippen molar-refractivity contribution in [2.75, 3.05) is 13.7 Å². The van der Waals surface area contributed by atoms with Crippen LogP contribution in [0.2, 0.25) is 0 Å². The number of aliphatic hydroxyl groups is 2. The van der Waals surface area contributed by atoms with Crippen molar-refractivity contribution in [2.45, 2.75) is 145 Å². The first-order valence-corrected chi connectivity index (χ1v) is 19.5. The molecule has 0 spiro atoms. The number of aliphatic hydroxyl groups excluding tert-OH is 2. The Kier molecular flexibility index (Phi) is 13.1. The highest BCUT2D eigenvalue weighted by Crippen LogP contribution is 2.75. The Hall–Kier alpha value is -1.41. The molecule has 5 aliphatic rings. The Morgan fingerprint density at radius 3 is 2.12 bits per heavy atom. The average molecular weight is 701 g/mol. The number of allylic oxidation sites excluding steroid dienone is 4. The molecule has 10 unspecified atom stereocenters. The van der Waals surface area contributed by atoms with Gasteiger partial charge in [0.1, 0.15) is 6.79 Å². The van der Waals surface area contributed by atoms with Crippen LogP contribution in [0.25, 0.3) is 0 Å². The molecule has 4 fully saturated rings. The minimum absolute atomic E-state index is 0.00261. The van der Waals surface area contributed by atoms with Crippen LogP contribution in [0.5, 0.6) is 0 Å². The molecule has 0 aromatic rings. The van der Waals surface area contributed by atoms with Crippen molar-refractivity contribution in [2.24, 2.45) is 56.7 Å². The monoisotopic (exact) mass is 701 g/mol. The van der Waals surface area contributed by atoms with Crippen LogP contribution in [0, 0.1) is 56.7 Å². The molecule has 0 aliphatic heterocycles. The fourth-order valence-electron chi connectivity index (χ4n) is 12.0. The fraction of sp³-hybridized carbons (Fsp3) is 0.810. The molecule has 49 heavy (non-hydrogen) atoms. The second-order valence-electron chi connectivity index (χ2n) is 18.1. The van der Waals surface area contributed by atoms with Gasteiger partial charge in [-0.2, -0.15) is 12.6 Å². The van der Waals surface area contributed by atoms with Crippen LogP contribution in [-0.4, -0.2) is 60.0 Å². The summed E-state index contributed by atoms with van der Waals surface area (Å²) < 4.78 is 0. The fourth-order valence-corrected chi connectivity index (χ4v) is 12.7. The van der Waals surface area contributed by atoms with Crippen molar-refractivity contribution < 1.29 is 19.8 Å². The molecule has 0 radical (unpaired) electrons. The van der Waals surface area contributed by atoms with E-state index in [1.807, 2.05) is 40.7 Å². The number of carbonyl (C=O) groups is 2. The van der Waals surface area contributed by atoms with Gasteiger partial charge in [0.2, 0.25) is 5.91 Å². The molecule has 0 saturated heterocycles. The zero-order valence-electron chi connectivity index (χ0n) is 33.2. The molecule has 4 N–H and O–H groups in total. The smallest absolute Gasteiger partial charge is 0.246 e. The summed E-state index contributed by atoms with van der Waals surface area (Å²) in [4.78, 5) is 21.4. The molecule has 13 atom stereocenters. The normalized spacial score (nSPS) is 45.2. The highest BCUT2D eigenvalue weighted by molar-refractivity contribution is 7.81. The number of fused-ring (bicyclic) bond motifs is 7. The number of rotatable bonds is 4. The van der Waals surface area contributed by atoms with Gasteiger partial charge in [0, 0.05) is 27.7 Å². The number of carbonyl (C=O) groups excluding carboxylic acids is 2. The van der Waals surface area contributed by atoms with Crippen molar-refractivity contribution in [1.82, 2.24) is 10.6 Å². The van der Waals surface area contributed by atoms with Crippen LogP contribution in [0.15, 0.2) is 34.9 Å². The molecule has 5 aliphatic carbocycles. The minimum atomic E-state index is -0.806. The highest BCUT2D eigenvalue weighted by atomic mass is 32.1. The molecular formula is C42H72N2O4S. The highest BCUT2D eigenvalue weighted by Gasteiger charge is 2.74. The Labute approximate surface area is 305 Å². The molecule has 0 bridgehead atoms. The van der Waals surface area contributed by atoms with Crippen LogP contribution in [0.3, 0.4) is 0 Å². The van der Waals surface area contributed by atoms with E-state index in [0.717, 1.165) is 37.0 Å². The van der Waals surface area contributed by atoms with E-state index in [4.69, 9.17) is 17.4 Å². The van der Waals surface area contributed by atoms with Gasteiger partial charge >= 0.3 is 0 Å². The number of hydrogen-bond donors (Lipinski definition) is 5. The lowest BCUT2D eigenvalue weighted by molar-refractivity contribution is -0.211. The van der Waals surface area contributed by atoms with Crippen LogP contribution >= 0.6 is 12.6 Å². The maximum atomic E-state index is 13.4. The van der Waals surface area contributed by atoms with Gasteiger partial charge in [0.25, 0.3) is 0 Å². The first kappa shape index (κ1) is 42.0. The third-order valence-corrected chi connectivity index (χ3v) is 16.4. The zero-order valence-corrected chi connectivity index (χ0v) is 34.1. The van der Waals surface area contributed by atoms with E-state index < -0.39 is 28.2 Å². The standard InChI is InChI=1S/C36H60N2O3S.C5H10.CH2O/c1-11-20(2)31(41)38-28-27(37-10)32(5,6)18-25-24-12-13-26-33(7)16-14-21(3)22(4)23(33)15-17-34(26,8)35(24,9)29(40)30(42)36(25,28)19-39;1-4-5(2)3;1-2/h11-12,21-23,25-30,37,39-40,42H,13-19H2,1-10H3,(H,38,41);4H,1-3H3;1H2/b20-11-;;/t21?,22?,23?,25?,26?,27?,28-,29-,30?,33?,34?,35-,36?;;/m0../s1. The molecular weight excluding hydrogens is 629 g/mol. The van der Waals surface area contributed by atoms with Crippen molar-refractivity contribution in [3.8, 4) is 0 Å². The molecule has 0 aromatic carbocycles. The van der Waals surface area contributed by atoms with E-state index in [1.165, 1.54) is 30.4 Å². The third kappa shape index (κ3) is 6.37. The van der Waals surface area contributed by atoms with E-state index in [2.05, 4.69) is 85.1 Å². The summed E-state index contributed by atoms with van der Waals surface area (Å²) in [5.41, 5.74) is 2.11.